The van der Waals surface area contributed by atoms with Gasteiger partial charge >= 0.3 is 0 Å². The van der Waals surface area contributed by atoms with E-state index in [1.165, 1.54) is 17.7 Å². The standard InChI is InChI=1S/C19H14ClFN4/c20-16-9-14(21)4-5-17(16)25-18-6-3-12(10-23-18)8-13-11-24-19-15(13)2-1-7-22-19/h1-7,9-11H,8H2,(H,22,24)(H,23,25). The molecule has 25 heavy (non-hydrogen) atoms. The van der Waals surface area contributed by atoms with Gasteiger partial charge in [-0.05, 0) is 47.5 Å². The fourth-order valence-corrected chi connectivity index (χ4v) is 2.93. The molecule has 0 bridgehead atoms. The van der Waals surface area contributed by atoms with Crippen molar-refractivity contribution in [2.75, 3.05) is 5.32 Å². The van der Waals surface area contributed by atoms with Crippen LogP contribution < -0.4 is 5.32 Å². The molecule has 0 fully saturated rings. The lowest BCUT2D eigenvalue weighted by atomic mass is 10.1. The first-order valence-corrected chi connectivity index (χ1v) is 8.15. The molecular weight excluding hydrogens is 339 g/mol. The van der Waals surface area contributed by atoms with Crippen LogP contribution in [-0.2, 0) is 6.42 Å². The summed E-state index contributed by atoms with van der Waals surface area (Å²) >= 11 is 6.02. The summed E-state index contributed by atoms with van der Waals surface area (Å²) in [4.78, 5) is 11.9. The summed E-state index contributed by atoms with van der Waals surface area (Å²) in [6.45, 7) is 0. The van der Waals surface area contributed by atoms with Gasteiger partial charge in [-0.3, -0.25) is 0 Å². The number of H-pyrrole nitrogens is 1. The lowest BCUT2D eigenvalue weighted by Crippen LogP contribution is -1.96. The van der Waals surface area contributed by atoms with Crippen LogP contribution in [0.25, 0.3) is 11.0 Å². The van der Waals surface area contributed by atoms with Gasteiger partial charge < -0.3 is 10.3 Å². The molecule has 0 spiro atoms. The van der Waals surface area contributed by atoms with Crippen molar-refractivity contribution in [2.24, 2.45) is 0 Å². The number of aromatic amines is 1. The second-order valence-electron chi connectivity index (χ2n) is 5.69. The van der Waals surface area contributed by atoms with Crippen molar-refractivity contribution < 1.29 is 4.39 Å². The first-order valence-electron chi connectivity index (χ1n) is 7.77. The highest BCUT2D eigenvalue weighted by atomic mass is 35.5. The molecule has 0 aliphatic heterocycles. The van der Waals surface area contributed by atoms with E-state index in [4.69, 9.17) is 11.6 Å². The number of halogens is 2. The van der Waals surface area contributed by atoms with E-state index in [1.807, 2.05) is 36.7 Å². The van der Waals surface area contributed by atoms with Crippen LogP contribution in [0.15, 0.2) is 61.1 Å². The van der Waals surface area contributed by atoms with Gasteiger partial charge in [-0.25, -0.2) is 14.4 Å². The summed E-state index contributed by atoms with van der Waals surface area (Å²) in [7, 11) is 0. The van der Waals surface area contributed by atoms with Crippen molar-refractivity contribution in [1.82, 2.24) is 15.0 Å². The van der Waals surface area contributed by atoms with Crippen LogP contribution >= 0.6 is 11.6 Å². The first kappa shape index (κ1) is 15.6. The fourth-order valence-electron chi connectivity index (χ4n) is 2.71. The number of anilines is 2. The lowest BCUT2D eigenvalue weighted by Gasteiger charge is -2.08. The highest BCUT2D eigenvalue weighted by Gasteiger charge is 2.06. The second kappa shape index (κ2) is 6.53. The van der Waals surface area contributed by atoms with Crippen LogP contribution in [0.4, 0.5) is 15.9 Å². The van der Waals surface area contributed by atoms with Gasteiger partial charge in [0.25, 0.3) is 0 Å². The minimum atomic E-state index is -0.368. The number of hydrogen-bond donors (Lipinski definition) is 2. The molecule has 1 aromatic carbocycles. The fraction of sp³-hybridized carbons (Fsp3) is 0.0526. The molecule has 4 rings (SSSR count). The van der Waals surface area contributed by atoms with Crippen LogP contribution in [0, 0.1) is 5.82 Å². The van der Waals surface area contributed by atoms with Crippen LogP contribution in [-0.4, -0.2) is 15.0 Å². The molecule has 6 heteroatoms. The molecule has 0 aliphatic carbocycles. The highest BCUT2D eigenvalue weighted by Crippen LogP contribution is 2.26. The maximum absolute atomic E-state index is 13.1. The van der Waals surface area contributed by atoms with Crippen LogP contribution in [0.5, 0.6) is 0 Å². The minimum Gasteiger partial charge on any atom is -0.346 e. The van der Waals surface area contributed by atoms with Gasteiger partial charge in [0.15, 0.2) is 0 Å². The Morgan fingerprint density at radius 3 is 2.84 bits per heavy atom. The number of nitrogens with one attached hydrogen (secondary N) is 2. The molecule has 3 heterocycles. The molecule has 124 valence electrons. The number of fused-ring (bicyclic) bond motifs is 1. The Morgan fingerprint density at radius 1 is 1.12 bits per heavy atom. The summed E-state index contributed by atoms with van der Waals surface area (Å²) in [5, 5.41) is 4.52. The van der Waals surface area contributed by atoms with Crippen LogP contribution in [0.3, 0.4) is 0 Å². The van der Waals surface area contributed by atoms with E-state index in [-0.39, 0.29) is 5.82 Å². The van der Waals surface area contributed by atoms with Crippen molar-refractivity contribution in [1.29, 1.82) is 0 Å². The zero-order valence-corrected chi connectivity index (χ0v) is 13.9. The first-order chi connectivity index (χ1) is 12.2. The Hall–Kier alpha value is -2.92. The summed E-state index contributed by atoms with van der Waals surface area (Å²) in [6.07, 6.45) is 6.32. The number of hydrogen-bond acceptors (Lipinski definition) is 3. The van der Waals surface area contributed by atoms with E-state index in [9.17, 15) is 4.39 Å². The molecule has 0 amide bonds. The third-order valence-electron chi connectivity index (χ3n) is 3.95. The molecule has 0 saturated carbocycles. The van der Waals surface area contributed by atoms with Gasteiger partial charge in [0.2, 0.25) is 0 Å². The predicted octanol–water partition coefficient (Wildman–Crippen LogP) is 5.08. The largest absolute Gasteiger partial charge is 0.346 e. The van der Waals surface area contributed by atoms with E-state index >= 15 is 0 Å². The van der Waals surface area contributed by atoms with E-state index in [2.05, 4.69) is 20.3 Å². The quantitative estimate of drug-likeness (QED) is 0.538. The van der Waals surface area contributed by atoms with Crippen molar-refractivity contribution in [2.45, 2.75) is 6.42 Å². The summed E-state index contributed by atoms with van der Waals surface area (Å²) in [5.41, 5.74) is 3.76. The molecule has 2 N–H and O–H groups in total. The van der Waals surface area contributed by atoms with Gasteiger partial charge in [-0.1, -0.05) is 17.7 Å². The molecule has 4 aromatic rings. The Kier molecular flexibility index (Phi) is 4.07. The maximum Gasteiger partial charge on any atom is 0.137 e. The van der Waals surface area contributed by atoms with Gasteiger partial charge in [0, 0.05) is 30.4 Å². The smallest absolute Gasteiger partial charge is 0.137 e. The van der Waals surface area contributed by atoms with Crippen molar-refractivity contribution >= 4 is 34.1 Å². The third kappa shape index (κ3) is 3.32. The summed E-state index contributed by atoms with van der Waals surface area (Å²) < 4.78 is 13.1. The van der Waals surface area contributed by atoms with Crippen molar-refractivity contribution in [3.8, 4) is 0 Å². The average molecular weight is 353 g/mol. The minimum absolute atomic E-state index is 0.317. The molecule has 0 atom stereocenters. The number of nitrogens with zero attached hydrogens (tertiary/aromatic N) is 2. The Bertz CT molecular complexity index is 1030. The monoisotopic (exact) mass is 352 g/mol. The van der Waals surface area contributed by atoms with Gasteiger partial charge in [0.05, 0.1) is 10.7 Å². The number of aromatic nitrogens is 3. The van der Waals surface area contributed by atoms with Gasteiger partial charge in [-0.2, -0.15) is 0 Å². The second-order valence-corrected chi connectivity index (χ2v) is 6.10. The molecular formula is C19H14ClFN4. The molecule has 3 aromatic heterocycles. The number of rotatable bonds is 4. The third-order valence-corrected chi connectivity index (χ3v) is 4.26. The molecule has 4 nitrogen and oxygen atoms in total. The SMILES string of the molecule is Fc1ccc(Nc2ccc(Cc3c[nH]c4ncccc34)cn2)c(Cl)c1. The van der Waals surface area contributed by atoms with Crippen molar-refractivity contribution in [3.05, 3.63) is 83.0 Å². The van der Waals surface area contributed by atoms with E-state index in [1.54, 1.807) is 12.3 Å². The van der Waals surface area contributed by atoms with Crippen LogP contribution in [0.1, 0.15) is 11.1 Å². The van der Waals surface area contributed by atoms with Gasteiger partial charge in [0.1, 0.15) is 17.3 Å². The normalized spacial score (nSPS) is 11.0. The zero-order chi connectivity index (χ0) is 17.2. The predicted molar refractivity (Wildman–Crippen MR) is 97.8 cm³/mol. The van der Waals surface area contributed by atoms with E-state index in [0.29, 0.717) is 16.5 Å². The Morgan fingerprint density at radius 2 is 2.04 bits per heavy atom. The zero-order valence-electron chi connectivity index (χ0n) is 13.1. The molecule has 0 saturated heterocycles. The molecule has 0 unspecified atom stereocenters. The topological polar surface area (TPSA) is 53.6 Å². The molecule has 0 radical (unpaired) electrons. The lowest BCUT2D eigenvalue weighted by molar-refractivity contribution is 0.628. The molecule has 0 aliphatic rings. The van der Waals surface area contributed by atoms with Crippen LogP contribution in [0.2, 0.25) is 5.02 Å². The van der Waals surface area contributed by atoms with Gasteiger partial charge in [-0.15, -0.1) is 0 Å². The number of pyridine rings is 2. The number of benzene rings is 1. The maximum atomic E-state index is 13.1. The summed E-state index contributed by atoms with van der Waals surface area (Å²) in [5.74, 6) is 0.282. The highest BCUT2D eigenvalue weighted by molar-refractivity contribution is 6.33. The van der Waals surface area contributed by atoms with E-state index < -0.39 is 0 Å². The van der Waals surface area contributed by atoms with E-state index in [0.717, 1.165) is 23.0 Å². The Balaban J connectivity index is 1.52. The average Bonchev–Trinajstić information content (AvgIpc) is 3.02. The van der Waals surface area contributed by atoms with Crippen molar-refractivity contribution in [3.63, 3.8) is 0 Å². The summed E-state index contributed by atoms with van der Waals surface area (Å²) in [6, 6.07) is 12.1. The Labute approximate surface area is 148 Å².